The van der Waals surface area contributed by atoms with Gasteiger partial charge in [0.2, 0.25) is 23.8 Å². The summed E-state index contributed by atoms with van der Waals surface area (Å²) < 4.78 is 51.3. The molecule has 0 aliphatic carbocycles. The summed E-state index contributed by atoms with van der Waals surface area (Å²) in [6.07, 6.45) is -35.5. The average Bonchev–Trinajstić information content (AvgIpc) is 3.27. The molecule has 1 aromatic heterocycles. The quantitative estimate of drug-likeness (QED) is 0.0804. The predicted molar refractivity (Wildman–Crippen MR) is 204 cm³/mol. The van der Waals surface area contributed by atoms with Gasteiger partial charge < -0.3 is 119 Å². The summed E-state index contributed by atoms with van der Waals surface area (Å²) in [5, 5.41) is 157. The summed E-state index contributed by atoms with van der Waals surface area (Å²) in [6.45, 7) is -1.05. The first-order chi connectivity index (χ1) is 30.3. The lowest BCUT2D eigenvalue weighted by Gasteiger charge is -2.46. The Morgan fingerprint density at radius 2 is 1.12 bits per heavy atom. The highest BCUT2D eigenvalue weighted by Crippen LogP contribution is 2.39. The van der Waals surface area contributed by atoms with Crippen LogP contribution in [0.4, 0.5) is 0 Å². The molecule has 4 fully saturated rings. The smallest absolute Gasteiger partial charge is 0.239 e. The van der Waals surface area contributed by atoms with Crippen molar-refractivity contribution >= 4 is 11.0 Å². The van der Waals surface area contributed by atoms with Gasteiger partial charge in [-0.1, -0.05) is 0 Å². The molecule has 7 rings (SSSR count). The summed E-state index contributed by atoms with van der Waals surface area (Å²) in [5.74, 6) is -2.58. The van der Waals surface area contributed by atoms with Gasteiger partial charge in [-0.25, -0.2) is 0 Å². The summed E-state index contributed by atoms with van der Waals surface area (Å²) in [5.41, 5.74) is -1.50. The van der Waals surface area contributed by atoms with Gasteiger partial charge in [-0.3, -0.25) is 4.79 Å². The lowest BCUT2D eigenvalue weighted by Crippen LogP contribution is -2.65. The van der Waals surface area contributed by atoms with Crippen LogP contribution in [0.3, 0.4) is 0 Å². The molecule has 15 N–H and O–H groups in total. The third-order valence-corrected chi connectivity index (χ3v) is 11.4. The van der Waals surface area contributed by atoms with E-state index < -0.39 is 176 Å². The molecule has 2 aromatic carbocycles. The maximum Gasteiger partial charge on any atom is 0.239 e. The van der Waals surface area contributed by atoms with Gasteiger partial charge in [0.05, 0.1) is 25.9 Å². The standard InChI is InChI=1S/C39H50O25/c1-11-21(44)26(49)29(52)36(57-11)56-10-19-24(47)34(63-38-31(54)28(51)23(46)18(9-41)61-38)32(55)39(62-19)64-35-25(48)20-15(43)6-14(58-37-30(53)27(50)22(45)17(8-40)60-37)7-16(20)59-33(35)12-2-4-13(42)5-3-12/h2-7,11,17-19,21-24,26-32,34,36-47,49-55H,8-10H2,1H3/t11-,17+,18+,19+,21-,22+,23+,24+,26+,27-,28-,29+,30+,31+,32+,34-,36+,37+,38-,39-/m0/s1. The Kier molecular flexibility index (Phi) is 14.6. The van der Waals surface area contributed by atoms with Crippen LogP contribution in [0.25, 0.3) is 22.3 Å². The molecular formula is C39H50O25. The molecule has 0 bridgehead atoms. The fraction of sp³-hybridized carbons (Fsp3) is 0.615. The van der Waals surface area contributed by atoms with E-state index in [1.807, 2.05) is 0 Å². The van der Waals surface area contributed by atoms with Gasteiger partial charge >= 0.3 is 0 Å². The van der Waals surface area contributed by atoms with Crippen LogP contribution in [0.2, 0.25) is 0 Å². The van der Waals surface area contributed by atoms with Crippen LogP contribution in [-0.2, 0) is 28.4 Å². The second kappa shape index (κ2) is 19.5. The van der Waals surface area contributed by atoms with Crippen molar-refractivity contribution in [2.24, 2.45) is 0 Å². The van der Waals surface area contributed by atoms with Crippen LogP contribution in [0.5, 0.6) is 23.0 Å². The van der Waals surface area contributed by atoms with E-state index >= 15 is 0 Å². The maximum atomic E-state index is 14.4. The van der Waals surface area contributed by atoms with E-state index in [4.69, 9.17) is 42.3 Å². The maximum absolute atomic E-state index is 14.4. The summed E-state index contributed by atoms with van der Waals surface area (Å²) in [6, 6.07) is 6.95. The van der Waals surface area contributed by atoms with Gasteiger partial charge in [0.15, 0.2) is 18.3 Å². The minimum absolute atomic E-state index is 0.0316. The normalized spacial score (nSPS) is 40.6. The van der Waals surface area contributed by atoms with Gasteiger partial charge in [-0.2, -0.15) is 0 Å². The topological polar surface area (TPSA) is 408 Å². The first-order valence-corrected chi connectivity index (χ1v) is 19.9. The summed E-state index contributed by atoms with van der Waals surface area (Å²) in [4.78, 5) is 14.4. The van der Waals surface area contributed by atoms with E-state index in [0.717, 1.165) is 12.1 Å². The molecule has 64 heavy (non-hydrogen) atoms. The Morgan fingerprint density at radius 3 is 1.75 bits per heavy atom. The second-order valence-electron chi connectivity index (χ2n) is 15.7. The highest BCUT2D eigenvalue weighted by molar-refractivity contribution is 5.88. The van der Waals surface area contributed by atoms with Gasteiger partial charge in [-0.05, 0) is 31.2 Å². The number of hydrogen-bond acceptors (Lipinski definition) is 25. The van der Waals surface area contributed by atoms with Crippen molar-refractivity contribution in [2.45, 2.75) is 130 Å². The molecule has 25 nitrogen and oxygen atoms in total. The molecule has 0 saturated carbocycles. The van der Waals surface area contributed by atoms with E-state index in [0.29, 0.717) is 0 Å². The second-order valence-corrected chi connectivity index (χ2v) is 15.7. The van der Waals surface area contributed by atoms with E-state index in [9.17, 15) is 81.4 Å². The number of rotatable bonds is 12. The lowest BCUT2D eigenvalue weighted by atomic mass is 9.96. The number of aliphatic hydroxyl groups excluding tert-OH is 13. The molecule has 4 aliphatic heterocycles. The van der Waals surface area contributed by atoms with Crippen molar-refractivity contribution in [3.8, 4) is 34.3 Å². The molecule has 4 saturated heterocycles. The molecule has 356 valence electrons. The molecule has 4 aliphatic rings. The lowest BCUT2D eigenvalue weighted by molar-refractivity contribution is -0.358. The third-order valence-electron chi connectivity index (χ3n) is 11.4. The van der Waals surface area contributed by atoms with Crippen LogP contribution >= 0.6 is 0 Å². The fourth-order valence-electron chi connectivity index (χ4n) is 7.62. The number of phenols is 2. The van der Waals surface area contributed by atoms with Crippen molar-refractivity contribution in [3.05, 3.63) is 46.6 Å². The van der Waals surface area contributed by atoms with E-state index in [1.165, 1.54) is 31.2 Å². The summed E-state index contributed by atoms with van der Waals surface area (Å²) >= 11 is 0. The number of phenolic OH excluding ortho intramolecular Hbond substituents is 2. The number of benzene rings is 2. The molecule has 0 amide bonds. The fourth-order valence-corrected chi connectivity index (χ4v) is 7.62. The Hall–Kier alpha value is -3.91. The molecule has 0 spiro atoms. The third kappa shape index (κ3) is 9.25. The largest absolute Gasteiger partial charge is 0.508 e. The number of aliphatic hydroxyl groups is 13. The zero-order valence-corrected chi connectivity index (χ0v) is 33.4. The van der Waals surface area contributed by atoms with Crippen LogP contribution in [0.15, 0.2) is 45.6 Å². The predicted octanol–water partition coefficient (Wildman–Crippen LogP) is -6.10. The first kappa shape index (κ1) is 48.0. The Morgan fingerprint density at radius 1 is 0.578 bits per heavy atom. The van der Waals surface area contributed by atoms with E-state index in [-0.39, 0.29) is 17.1 Å². The van der Waals surface area contributed by atoms with Crippen molar-refractivity contribution in [2.75, 3.05) is 19.8 Å². The Bertz CT molecular complexity index is 2100. The minimum atomic E-state index is -2.18. The van der Waals surface area contributed by atoms with Crippen LogP contribution in [0.1, 0.15) is 6.92 Å². The van der Waals surface area contributed by atoms with Crippen molar-refractivity contribution in [1.29, 1.82) is 0 Å². The zero-order valence-electron chi connectivity index (χ0n) is 33.4. The number of hydrogen-bond donors (Lipinski definition) is 15. The number of ether oxygens (including phenoxy) is 8. The Balaban J connectivity index is 1.25. The number of aromatic hydroxyl groups is 2. The highest BCUT2D eigenvalue weighted by atomic mass is 16.8. The van der Waals surface area contributed by atoms with Gasteiger partial charge in [0.1, 0.15) is 120 Å². The van der Waals surface area contributed by atoms with E-state index in [1.54, 1.807) is 0 Å². The molecule has 0 radical (unpaired) electrons. The molecule has 5 heterocycles. The molecular weight excluding hydrogens is 868 g/mol. The van der Waals surface area contributed by atoms with Crippen molar-refractivity contribution < 1.29 is 119 Å². The highest BCUT2D eigenvalue weighted by Gasteiger charge is 2.53. The Labute approximate surface area is 360 Å². The van der Waals surface area contributed by atoms with E-state index in [2.05, 4.69) is 0 Å². The molecule has 25 heteroatoms. The minimum Gasteiger partial charge on any atom is -0.508 e. The molecule has 20 atom stereocenters. The molecule has 0 unspecified atom stereocenters. The average molecular weight is 919 g/mol. The van der Waals surface area contributed by atoms with Crippen LogP contribution in [0, 0.1) is 0 Å². The van der Waals surface area contributed by atoms with Crippen molar-refractivity contribution in [1.82, 2.24) is 0 Å². The van der Waals surface area contributed by atoms with Gasteiger partial charge in [-0.15, -0.1) is 0 Å². The van der Waals surface area contributed by atoms with Crippen molar-refractivity contribution in [3.63, 3.8) is 0 Å². The zero-order chi connectivity index (χ0) is 46.5. The van der Waals surface area contributed by atoms with Crippen LogP contribution < -0.4 is 14.9 Å². The molecule has 3 aromatic rings. The van der Waals surface area contributed by atoms with Crippen LogP contribution in [-0.4, -0.2) is 219 Å². The monoisotopic (exact) mass is 918 g/mol. The van der Waals surface area contributed by atoms with Gasteiger partial charge in [0, 0.05) is 17.7 Å². The first-order valence-electron chi connectivity index (χ1n) is 19.9. The van der Waals surface area contributed by atoms with Gasteiger partial charge in [0.25, 0.3) is 0 Å². The number of fused-ring (bicyclic) bond motifs is 1. The summed E-state index contributed by atoms with van der Waals surface area (Å²) in [7, 11) is 0. The SMILES string of the molecule is C[C@@H]1O[C@@H](OC[C@H]2O[C@@H](Oc3c(-c4ccc(O)cc4)oc4cc(O[C@@H]5O[C@H](CO)[C@@H](O)[C@H](O)[C@H]5O)cc(O)c4c3=O)[C@H](O)[C@@H](O[C@@H]3O[C@H](CO)[C@@H](O)[C@H](O)[C@H]3O)[C@@H]2O)[C@H](O)[C@H](O)[C@H]1O.